The zero-order valence-corrected chi connectivity index (χ0v) is 12.5. The van der Waals surface area contributed by atoms with E-state index in [9.17, 15) is 0 Å². The van der Waals surface area contributed by atoms with Crippen LogP contribution in [0.3, 0.4) is 0 Å². The van der Waals surface area contributed by atoms with Gasteiger partial charge in [0.15, 0.2) is 0 Å². The first kappa shape index (κ1) is 12.8. The number of hydrogen-bond acceptors (Lipinski definition) is 3. The topological polar surface area (TPSA) is 19.4 Å². The van der Waals surface area contributed by atoms with Crippen LogP contribution >= 0.6 is 0 Å². The van der Waals surface area contributed by atoms with Gasteiger partial charge in [-0.2, -0.15) is 0 Å². The van der Waals surface area contributed by atoms with Crippen molar-refractivity contribution < 1.29 is 0 Å². The third kappa shape index (κ3) is 2.22. The number of rotatable bonds is 0. The Hall–Kier alpha value is -1.87. The van der Waals surface area contributed by atoms with E-state index in [1.54, 1.807) is 0 Å². The van der Waals surface area contributed by atoms with Crippen LogP contribution in [0.4, 0.5) is 5.82 Å². The summed E-state index contributed by atoms with van der Waals surface area (Å²) in [5.41, 5.74) is 4.29. The molecular weight excluding hydrogens is 258 g/mol. The Kier molecular flexibility index (Phi) is 3.15. The van der Waals surface area contributed by atoms with E-state index in [1.165, 1.54) is 28.9 Å². The van der Waals surface area contributed by atoms with E-state index in [0.717, 1.165) is 26.1 Å². The van der Waals surface area contributed by atoms with Gasteiger partial charge in [0.2, 0.25) is 0 Å². The van der Waals surface area contributed by atoms with Gasteiger partial charge in [0, 0.05) is 25.7 Å². The van der Waals surface area contributed by atoms with Gasteiger partial charge in [-0.15, -0.1) is 0 Å². The van der Waals surface area contributed by atoms with Crippen LogP contribution in [0.15, 0.2) is 42.6 Å². The van der Waals surface area contributed by atoms with Gasteiger partial charge in [-0.05, 0) is 42.8 Å². The maximum absolute atomic E-state index is 4.72. The van der Waals surface area contributed by atoms with E-state index in [0.29, 0.717) is 6.04 Å². The lowest BCUT2D eigenvalue weighted by atomic mass is 9.97. The quantitative estimate of drug-likeness (QED) is 0.739. The fourth-order valence-electron chi connectivity index (χ4n) is 3.72. The van der Waals surface area contributed by atoms with Crippen molar-refractivity contribution in [3.63, 3.8) is 0 Å². The summed E-state index contributed by atoms with van der Waals surface area (Å²) >= 11 is 0. The van der Waals surface area contributed by atoms with E-state index in [2.05, 4.69) is 53.2 Å². The van der Waals surface area contributed by atoms with E-state index in [-0.39, 0.29) is 0 Å². The lowest BCUT2D eigenvalue weighted by Gasteiger charge is -2.32. The van der Waals surface area contributed by atoms with Crippen molar-refractivity contribution in [2.75, 3.05) is 31.6 Å². The molecule has 21 heavy (non-hydrogen) atoms. The third-order valence-corrected chi connectivity index (χ3v) is 4.73. The number of likely N-dealkylation sites (N-methyl/N-ethyl adjacent to an activating group) is 1. The highest BCUT2D eigenvalue weighted by Gasteiger charge is 2.31. The summed E-state index contributed by atoms with van der Waals surface area (Å²) in [5.74, 6) is 1.19. The summed E-state index contributed by atoms with van der Waals surface area (Å²) in [6, 6.07) is 13.6. The summed E-state index contributed by atoms with van der Waals surface area (Å²) < 4.78 is 0. The lowest BCUT2D eigenvalue weighted by Crippen LogP contribution is -2.33. The van der Waals surface area contributed by atoms with E-state index < -0.39 is 0 Å². The van der Waals surface area contributed by atoms with Crippen LogP contribution in [0.5, 0.6) is 0 Å². The average Bonchev–Trinajstić information content (AvgIpc) is 2.76. The monoisotopic (exact) mass is 279 g/mol. The fraction of sp³-hybridized carbons (Fsp3) is 0.389. The summed E-state index contributed by atoms with van der Waals surface area (Å²) in [6.45, 7) is 3.33. The van der Waals surface area contributed by atoms with Gasteiger partial charge in [0.1, 0.15) is 5.82 Å². The highest BCUT2D eigenvalue weighted by Crippen LogP contribution is 2.37. The highest BCUT2D eigenvalue weighted by atomic mass is 15.3. The molecule has 4 rings (SSSR count). The molecule has 3 heteroatoms. The molecule has 108 valence electrons. The molecule has 0 aliphatic carbocycles. The molecule has 3 nitrogen and oxygen atoms in total. The van der Waals surface area contributed by atoms with Crippen molar-refractivity contribution in [3.05, 3.63) is 59.3 Å². The first-order valence-electron chi connectivity index (χ1n) is 7.80. The number of pyridine rings is 1. The number of anilines is 1. The van der Waals surface area contributed by atoms with Crippen molar-refractivity contribution in [3.8, 4) is 0 Å². The molecule has 1 aromatic carbocycles. The van der Waals surface area contributed by atoms with Crippen molar-refractivity contribution >= 4 is 5.82 Å². The summed E-state index contributed by atoms with van der Waals surface area (Å²) in [4.78, 5) is 9.71. The Morgan fingerprint density at radius 1 is 1.05 bits per heavy atom. The molecule has 2 aliphatic heterocycles. The van der Waals surface area contributed by atoms with Crippen LogP contribution in [0.2, 0.25) is 0 Å². The molecule has 2 aromatic rings. The largest absolute Gasteiger partial charge is 0.348 e. The Bertz CT molecular complexity index is 652. The maximum atomic E-state index is 4.72. The molecule has 0 saturated carbocycles. The van der Waals surface area contributed by atoms with Gasteiger partial charge >= 0.3 is 0 Å². The second-order valence-corrected chi connectivity index (χ2v) is 6.19. The van der Waals surface area contributed by atoms with E-state index in [1.807, 2.05) is 6.20 Å². The summed E-state index contributed by atoms with van der Waals surface area (Å²) in [6.07, 6.45) is 4.13. The second-order valence-electron chi connectivity index (χ2n) is 6.19. The molecule has 0 N–H and O–H groups in total. The van der Waals surface area contributed by atoms with Crippen LogP contribution in [0, 0.1) is 0 Å². The molecular formula is C18H21N3. The Morgan fingerprint density at radius 3 is 2.86 bits per heavy atom. The van der Waals surface area contributed by atoms with Gasteiger partial charge in [-0.3, -0.25) is 0 Å². The fourth-order valence-corrected chi connectivity index (χ4v) is 3.72. The lowest BCUT2D eigenvalue weighted by molar-refractivity contribution is 0.332. The molecule has 2 aliphatic rings. The van der Waals surface area contributed by atoms with Crippen molar-refractivity contribution in [2.45, 2.75) is 18.9 Å². The Morgan fingerprint density at radius 2 is 1.90 bits per heavy atom. The van der Waals surface area contributed by atoms with Crippen LogP contribution < -0.4 is 4.90 Å². The van der Waals surface area contributed by atoms with Gasteiger partial charge < -0.3 is 9.80 Å². The summed E-state index contributed by atoms with van der Waals surface area (Å²) in [7, 11) is 2.23. The third-order valence-electron chi connectivity index (χ3n) is 4.73. The van der Waals surface area contributed by atoms with Gasteiger partial charge in [0.05, 0.1) is 6.04 Å². The van der Waals surface area contributed by atoms with Crippen LogP contribution in [0.25, 0.3) is 0 Å². The first-order valence-corrected chi connectivity index (χ1v) is 7.80. The summed E-state index contributed by atoms with van der Waals surface area (Å²) in [5, 5.41) is 0. The molecule has 1 fully saturated rings. The number of hydrogen-bond donors (Lipinski definition) is 0. The van der Waals surface area contributed by atoms with E-state index in [4.69, 9.17) is 4.98 Å². The number of fused-ring (bicyclic) bond motifs is 5. The van der Waals surface area contributed by atoms with Crippen LogP contribution in [0.1, 0.15) is 29.2 Å². The second kappa shape index (κ2) is 5.15. The average molecular weight is 279 g/mol. The predicted octanol–water partition coefficient (Wildman–Crippen LogP) is 2.87. The first-order chi connectivity index (χ1) is 10.3. The maximum Gasteiger partial charge on any atom is 0.132 e. The van der Waals surface area contributed by atoms with Crippen LogP contribution in [-0.4, -0.2) is 36.6 Å². The van der Waals surface area contributed by atoms with Crippen molar-refractivity contribution in [2.24, 2.45) is 0 Å². The minimum Gasteiger partial charge on any atom is -0.348 e. The molecule has 0 amide bonds. The standard InChI is InChI=1S/C18H21N3/c1-20-10-5-11-21-17(13-20)16-8-3-2-6-14(16)12-15-7-4-9-19-18(15)21/h2-4,6-9,17H,5,10-13H2,1H3/t17-/m1/s1. The SMILES string of the molecule is CN1CCCN2c3ncccc3Cc3ccccc3[C@H]2C1. The van der Waals surface area contributed by atoms with Gasteiger partial charge in [-0.1, -0.05) is 30.3 Å². The smallest absolute Gasteiger partial charge is 0.132 e. The predicted molar refractivity (Wildman–Crippen MR) is 85.7 cm³/mol. The molecule has 1 saturated heterocycles. The minimum absolute atomic E-state index is 0.421. The molecule has 1 atom stereocenters. The molecule has 0 unspecified atom stereocenters. The number of nitrogens with zero attached hydrogens (tertiary/aromatic N) is 3. The Labute approximate surface area is 126 Å². The van der Waals surface area contributed by atoms with Crippen molar-refractivity contribution in [1.29, 1.82) is 0 Å². The van der Waals surface area contributed by atoms with E-state index >= 15 is 0 Å². The number of benzene rings is 1. The molecule has 0 bridgehead atoms. The highest BCUT2D eigenvalue weighted by molar-refractivity contribution is 5.55. The molecule has 0 spiro atoms. The van der Waals surface area contributed by atoms with Gasteiger partial charge in [0.25, 0.3) is 0 Å². The zero-order chi connectivity index (χ0) is 14.2. The van der Waals surface area contributed by atoms with Crippen molar-refractivity contribution in [1.82, 2.24) is 9.88 Å². The number of aromatic nitrogens is 1. The minimum atomic E-state index is 0.421. The molecule has 1 aromatic heterocycles. The zero-order valence-electron chi connectivity index (χ0n) is 12.5. The van der Waals surface area contributed by atoms with Gasteiger partial charge in [-0.25, -0.2) is 4.98 Å². The molecule has 3 heterocycles. The molecule has 0 radical (unpaired) electrons. The van der Waals surface area contributed by atoms with Crippen LogP contribution in [-0.2, 0) is 6.42 Å². The normalized spacial score (nSPS) is 21.8. The Balaban J connectivity index is 1.90.